The molecular formula is C20H24O2. The summed E-state index contributed by atoms with van der Waals surface area (Å²) in [7, 11) is 1.69. The van der Waals surface area contributed by atoms with E-state index in [0.717, 1.165) is 12.4 Å². The van der Waals surface area contributed by atoms with Crippen LogP contribution in [0.3, 0.4) is 0 Å². The van der Waals surface area contributed by atoms with Crippen LogP contribution < -0.4 is 4.74 Å². The van der Waals surface area contributed by atoms with Gasteiger partial charge in [0.05, 0.1) is 13.7 Å². The monoisotopic (exact) mass is 296 g/mol. The molecule has 2 aromatic rings. The van der Waals surface area contributed by atoms with E-state index in [1.807, 2.05) is 19.1 Å². The molecule has 0 aromatic heterocycles. The summed E-state index contributed by atoms with van der Waals surface area (Å²) in [6, 6.07) is 14.6. The van der Waals surface area contributed by atoms with Gasteiger partial charge in [-0.2, -0.15) is 0 Å². The fraction of sp³-hybridized carbons (Fsp3) is 0.300. The summed E-state index contributed by atoms with van der Waals surface area (Å²) in [5, 5.41) is 0. The predicted molar refractivity (Wildman–Crippen MR) is 92.5 cm³/mol. The molecule has 0 bridgehead atoms. The lowest BCUT2D eigenvalue weighted by Crippen LogP contribution is -1.97. The van der Waals surface area contributed by atoms with Gasteiger partial charge < -0.3 is 9.47 Å². The molecule has 0 spiro atoms. The van der Waals surface area contributed by atoms with Gasteiger partial charge in [-0.05, 0) is 60.7 Å². The van der Waals surface area contributed by atoms with Gasteiger partial charge in [0.15, 0.2) is 0 Å². The van der Waals surface area contributed by atoms with E-state index in [-0.39, 0.29) is 0 Å². The Kier molecular flexibility index (Phi) is 5.79. The van der Waals surface area contributed by atoms with Crippen molar-refractivity contribution in [2.75, 3.05) is 20.3 Å². The minimum absolute atomic E-state index is 0.616. The van der Waals surface area contributed by atoms with Crippen LogP contribution >= 0.6 is 0 Å². The Balaban J connectivity index is 2.46. The fourth-order valence-electron chi connectivity index (χ4n) is 2.46. The number of aryl methyl sites for hydroxylation is 1. The highest BCUT2D eigenvalue weighted by Gasteiger charge is 2.09. The molecule has 0 aliphatic heterocycles. The maximum absolute atomic E-state index is 5.52. The molecule has 116 valence electrons. The average molecular weight is 296 g/mol. The molecule has 0 amide bonds. The number of methoxy groups -OCH3 is 1. The van der Waals surface area contributed by atoms with Crippen LogP contribution in [0.5, 0.6) is 5.75 Å². The van der Waals surface area contributed by atoms with E-state index in [1.54, 1.807) is 7.11 Å². The van der Waals surface area contributed by atoms with Gasteiger partial charge >= 0.3 is 0 Å². The summed E-state index contributed by atoms with van der Waals surface area (Å²) in [4.78, 5) is 0. The van der Waals surface area contributed by atoms with Gasteiger partial charge in [0.2, 0.25) is 0 Å². The molecule has 0 unspecified atom stereocenters. The SMILES string of the molecule is CCOC/C=C(/c1ccc(OC)cc1)c1cccc(C)c1C. The summed E-state index contributed by atoms with van der Waals surface area (Å²) in [5.41, 5.74) is 6.24. The minimum Gasteiger partial charge on any atom is -0.497 e. The van der Waals surface area contributed by atoms with Crippen LogP contribution in [-0.4, -0.2) is 20.3 Å². The summed E-state index contributed by atoms with van der Waals surface area (Å²) in [6.45, 7) is 7.67. The minimum atomic E-state index is 0.616. The van der Waals surface area contributed by atoms with Crippen LogP contribution in [0.2, 0.25) is 0 Å². The van der Waals surface area contributed by atoms with E-state index >= 15 is 0 Å². The first-order valence-electron chi connectivity index (χ1n) is 7.66. The topological polar surface area (TPSA) is 18.5 Å². The second kappa shape index (κ2) is 7.81. The number of ether oxygens (including phenoxy) is 2. The van der Waals surface area contributed by atoms with Crippen molar-refractivity contribution in [3.63, 3.8) is 0 Å². The van der Waals surface area contributed by atoms with Crippen molar-refractivity contribution in [3.8, 4) is 5.75 Å². The summed E-state index contributed by atoms with van der Waals surface area (Å²) in [5.74, 6) is 0.869. The molecule has 0 radical (unpaired) electrons. The van der Waals surface area contributed by atoms with Gasteiger partial charge in [0.1, 0.15) is 5.75 Å². The first-order valence-corrected chi connectivity index (χ1v) is 7.66. The van der Waals surface area contributed by atoms with Gasteiger partial charge in [0.25, 0.3) is 0 Å². The fourth-order valence-corrected chi connectivity index (χ4v) is 2.46. The maximum atomic E-state index is 5.52. The number of hydrogen-bond acceptors (Lipinski definition) is 2. The van der Waals surface area contributed by atoms with Crippen molar-refractivity contribution < 1.29 is 9.47 Å². The van der Waals surface area contributed by atoms with E-state index in [2.05, 4.69) is 50.3 Å². The molecular weight excluding hydrogens is 272 g/mol. The highest BCUT2D eigenvalue weighted by Crippen LogP contribution is 2.28. The molecule has 0 atom stereocenters. The largest absolute Gasteiger partial charge is 0.497 e. The molecule has 2 aromatic carbocycles. The van der Waals surface area contributed by atoms with Gasteiger partial charge in [-0.15, -0.1) is 0 Å². The van der Waals surface area contributed by atoms with Gasteiger partial charge in [-0.1, -0.05) is 36.4 Å². The Morgan fingerprint density at radius 1 is 1.05 bits per heavy atom. The third-order valence-corrected chi connectivity index (χ3v) is 3.91. The van der Waals surface area contributed by atoms with Crippen molar-refractivity contribution in [1.29, 1.82) is 0 Å². The molecule has 0 saturated heterocycles. The van der Waals surface area contributed by atoms with Crippen molar-refractivity contribution in [2.24, 2.45) is 0 Å². The Morgan fingerprint density at radius 3 is 2.41 bits per heavy atom. The lowest BCUT2D eigenvalue weighted by Gasteiger charge is -2.14. The Hall–Kier alpha value is -2.06. The standard InChI is InChI=1S/C20H24O2/c1-5-22-14-13-20(17-9-11-18(21-4)12-10-17)19-8-6-7-15(2)16(19)3/h6-13H,5,14H2,1-4H3/b20-13-. The van der Waals surface area contributed by atoms with Crippen molar-refractivity contribution in [2.45, 2.75) is 20.8 Å². The molecule has 2 nitrogen and oxygen atoms in total. The van der Waals surface area contributed by atoms with Crippen LogP contribution in [0, 0.1) is 13.8 Å². The van der Waals surface area contributed by atoms with Crippen LogP contribution in [-0.2, 0) is 4.74 Å². The van der Waals surface area contributed by atoms with Crippen LogP contribution in [0.4, 0.5) is 0 Å². The second-order valence-corrected chi connectivity index (χ2v) is 5.25. The highest BCUT2D eigenvalue weighted by molar-refractivity contribution is 5.82. The third kappa shape index (κ3) is 3.77. The highest BCUT2D eigenvalue weighted by atomic mass is 16.5. The lowest BCUT2D eigenvalue weighted by atomic mass is 9.92. The van der Waals surface area contributed by atoms with Crippen LogP contribution in [0.15, 0.2) is 48.5 Å². The smallest absolute Gasteiger partial charge is 0.118 e. The van der Waals surface area contributed by atoms with E-state index in [9.17, 15) is 0 Å². The zero-order chi connectivity index (χ0) is 15.9. The van der Waals surface area contributed by atoms with E-state index in [1.165, 1.54) is 27.8 Å². The van der Waals surface area contributed by atoms with Crippen LogP contribution in [0.1, 0.15) is 29.2 Å². The van der Waals surface area contributed by atoms with Crippen molar-refractivity contribution in [1.82, 2.24) is 0 Å². The zero-order valence-electron chi connectivity index (χ0n) is 13.8. The van der Waals surface area contributed by atoms with E-state index in [4.69, 9.17) is 9.47 Å². The number of benzene rings is 2. The predicted octanol–water partition coefficient (Wildman–Crippen LogP) is 4.78. The number of rotatable bonds is 6. The zero-order valence-corrected chi connectivity index (χ0v) is 13.8. The lowest BCUT2D eigenvalue weighted by molar-refractivity contribution is 0.178. The maximum Gasteiger partial charge on any atom is 0.118 e. The number of hydrogen-bond donors (Lipinski definition) is 0. The first kappa shape index (κ1) is 16.3. The molecule has 2 heteroatoms. The first-order chi connectivity index (χ1) is 10.7. The van der Waals surface area contributed by atoms with Crippen molar-refractivity contribution >= 4 is 5.57 Å². The molecule has 22 heavy (non-hydrogen) atoms. The third-order valence-electron chi connectivity index (χ3n) is 3.91. The molecule has 0 N–H and O–H groups in total. The van der Waals surface area contributed by atoms with Crippen LogP contribution in [0.25, 0.3) is 5.57 Å². The Labute approximate surface area is 133 Å². The van der Waals surface area contributed by atoms with Gasteiger partial charge in [-0.3, -0.25) is 0 Å². The summed E-state index contributed by atoms with van der Waals surface area (Å²) < 4.78 is 10.8. The summed E-state index contributed by atoms with van der Waals surface area (Å²) in [6.07, 6.45) is 2.16. The molecule has 0 aliphatic carbocycles. The van der Waals surface area contributed by atoms with E-state index in [0.29, 0.717) is 6.61 Å². The quantitative estimate of drug-likeness (QED) is 0.714. The van der Waals surface area contributed by atoms with Gasteiger partial charge in [0, 0.05) is 6.61 Å². The van der Waals surface area contributed by atoms with Crippen molar-refractivity contribution in [3.05, 3.63) is 70.8 Å². The second-order valence-electron chi connectivity index (χ2n) is 5.25. The van der Waals surface area contributed by atoms with Gasteiger partial charge in [-0.25, -0.2) is 0 Å². The molecule has 0 aliphatic rings. The molecule has 0 heterocycles. The Bertz CT molecular complexity index is 639. The molecule has 0 saturated carbocycles. The molecule has 2 rings (SSSR count). The average Bonchev–Trinajstić information content (AvgIpc) is 2.55. The Morgan fingerprint density at radius 2 is 1.77 bits per heavy atom. The van der Waals surface area contributed by atoms with E-state index < -0.39 is 0 Å². The summed E-state index contributed by atoms with van der Waals surface area (Å²) >= 11 is 0. The molecule has 0 fully saturated rings. The normalized spacial score (nSPS) is 11.5.